The molecule has 5 nitrogen and oxygen atoms in total. The molecule has 11 rings (SSSR count). The smallest absolute Gasteiger partial charge is 0.164 e. The van der Waals surface area contributed by atoms with Crippen molar-refractivity contribution in [3.05, 3.63) is 158 Å². The highest BCUT2D eigenvalue weighted by Crippen LogP contribution is 2.44. The summed E-state index contributed by atoms with van der Waals surface area (Å²) in [7, 11) is 0. The van der Waals surface area contributed by atoms with Crippen LogP contribution in [0.1, 0.15) is 6.85 Å². The fourth-order valence-corrected chi connectivity index (χ4v) is 8.55. The van der Waals surface area contributed by atoms with E-state index in [2.05, 4.69) is 88.4 Å². The van der Waals surface area contributed by atoms with Gasteiger partial charge in [-0.05, 0) is 36.4 Å². The molecule has 6 heteroatoms. The van der Waals surface area contributed by atoms with E-state index in [1.165, 1.54) is 30.9 Å². The molecule has 0 unspecified atom stereocenters. The van der Waals surface area contributed by atoms with Crippen LogP contribution in [0.5, 0.6) is 0 Å². The maximum atomic E-state index is 8.65. The number of benzene rings is 7. The van der Waals surface area contributed by atoms with E-state index in [0.717, 1.165) is 33.1 Å². The predicted molar refractivity (Wildman–Crippen MR) is 211 cm³/mol. The Morgan fingerprint density at radius 3 is 2.10 bits per heavy atom. The molecule has 238 valence electrons. The first kappa shape index (κ1) is 23.7. The van der Waals surface area contributed by atoms with Gasteiger partial charge >= 0.3 is 0 Å². The number of aromatic nitrogens is 4. The standard InChI is InChI=1S/C45H26N4OS/c1-3-12-27(13-4-1)43-46-44(28-14-5-2-6-15-28)48-45(47-43)29-22-23-30-32-18-11-20-37(41(32)50-38(30)26-29)49-35-19-9-7-17-34(35)40-36(49)25-24-33-31-16-8-10-21-39(31)51-42(33)40/h1-26H/i1D,3D,4D,12D,13D. The Morgan fingerprint density at radius 1 is 0.529 bits per heavy atom. The summed E-state index contributed by atoms with van der Waals surface area (Å²) < 4.78 is 53.6. The molecule has 7 aromatic carbocycles. The van der Waals surface area contributed by atoms with Crippen molar-refractivity contribution in [1.82, 2.24) is 19.5 Å². The largest absolute Gasteiger partial charge is 0.454 e. The number of rotatable bonds is 4. The van der Waals surface area contributed by atoms with Gasteiger partial charge in [-0.25, -0.2) is 15.0 Å². The molecule has 51 heavy (non-hydrogen) atoms. The number of fused-ring (bicyclic) bond motifs is 10. The fourth-order valence-electron chi connectivity index (χ4n) is 7.29. The Morgan fingerprint density at radius 2 is 1.24 bits per heavy atom. The van der Waals surface area contributed by atoms with E-state index >= 15 is 0 Å². The maximum absolute atomic E-state index is 8.65. The number of nitrogens with zero attached hydrogens (tertiary/aromatic N) is 4. The van der Waals surface area contributed by atoms with Crippen molar-refractivity contribution in [3.63, 3.8) is 0 Å². The third-order valence-electron chi connectivity index (χ3n) is 9.55. The first-order chi connectivity index (χ1) is 27.4. The third kappa shape index (κ3) is 4.30. The minimum atomic E-state index is -0.481. The molecule has 0 aliphatic carbocycles. The Bertz CT molecular complexity index is 3420. The maximum Gasteiger partial charge on any atom is 0.164 e. The number of thiophene rings is 1. The average Bonchev–Trinajstić information content (AvgIpc) is 3.92. The van der Waals surface area contributed by atoms with Crippen LogP contribution in [0.4, 0.5) is 0 Å². The average molecular weight is 676 g/mol. The predicted octanol–water partition coefficient (Wildman–Crippen LogP) is 12.2. The zero-order chi connectivity index (χ0) is 37.8. The van der Waals surface area contributed by atoms with E-state index in [4.69, 9.17) is 21.2 Å². The molecule has 0 bridgehead atoms. The highest BCUT2D eigenvalue weighted by Gasteiger charge is 2.21. The van der Waals surface area contributed by atoms with Gasteiger partial charge in [0.05, 0.1) is 23.6 Å². The highest BCUT2D eigenvalue weighted by molar-refractivity contribution is 7.26. The van der Waals surface area contributed by atoms with Gasteiger partial charge in [-0.1, -0.05) is 121 Å². The van der Waals surface area contributed by atoms with Crippen LogP contribution in [-0.4, -0.2) is 19.5 Å². The summed E-state index contributed by atoms with van der Waals surface area (Å²) in [5.74, 6) is 0.568. The lowest BCUT2D eigenvalue weighted by molar-refractivity contribution is 0.666. The summed E-state index contributed by atoms with van der Waals surface area (Å²) in [4.78, 5) is 14.2. The number of hydrogen-bond acceptors (Lipinski definition) is 5. The lowest BCUT2D eigenvalue weighted by atomic mass is 10.1. The Balaban J connectivity index is 1.12. The van der Waals surface area contributed by atoms with Gasteiger partial charge in [0.2, 0.25) is 0 Å². The van der Waals surface area contributed by atoms with Gasteiger partial charge in [0.1, 0.15) is 5.58 Å². The quantitative estimate of drug-likeness (QED) is 0.186. The first-order valence-electron chi connectivity index (χ1n) is 19.0. The molecule has 0 fully saturated rings. The van der Waals surface area contributed by atoms with Crippen molar-refractivity contribution in [3.8, 4) is 39.9 Å². The van der Waals surface area contributed by atoms with Crippen molar-refractivity contribution in [2.24, 2.45) is 0 Å². The molecular weight excluding hydrogens is 645 g/mol. The van der Waals surface area contributed by atoms with E-state index in [0.29, 0.717) is 22.5 Å². The van der Waals surface area contributed by atoms with E-state index in [-0.39, 0.29) is 29.3 Å². The lowest BCUT2D eigenvalue weighted by Gasteiger charge is -2.08. The molecule has 0 N–H and O–H groups in total. The summed E-state index contributed by atoms with van der Waals surface area (Å²) >= 11 is 1.82. The van der Waals surface area contributed by atoms with E-state index in [1.54, 1.807) is 0 Å². The van der Waals surface area contributed by atoms with Crippen molar-refractivity contribution >= 4 is 75.3 Å². The van der Waals surface area contributed by atoms with Crippen LogP contribution in [0, 0.1) is 0 Å². The van der Waals surface area contributed by atoms with E-state index in [1.807, 2.05) is 59.9 Å². The summed E-state index contributed by atoms with van der Waals surface area (Å²) in [5, 5.41) is 6.78. The highest BCUT2D eigenvalue weighted by atomic mass is 32.1. The van der Waals surface area contributed by atoms with Gasteiger partial charge in [-0.15, -0.1) is 11.3 Å². The van der Waals surface area contributed by atoms with Crippen LogP contribution < -0.4 is 0 Å². The number of hydrogen-bond donors (Lipinski definition) is 0. The van der Waals surface area contributed by atoms with Crippen LogP contribution in [0.15, 0.2) is 162 Å². The fraction of sp³-hybridized carbons (Fsp3) is 0. The first-order valence-corrected chi connectivity index (χ1v) is 17.4. The molecular formula is C45H26N4OS. The molecule has 0 saturated heterocycles. The zero-order valence-corrected chi connectivity index (χ0v) is 27.5. The summed E-state index contributed by atoms with van der Waals surface area (Å²) in [6.07, 6.45) is 0. The van der Waals surface area contributed by atoms with Gasteiger partial charge < -0.3 is 8.98 Å². The molecule has 4 aromatic heterocycles. The molecule has 11 aromatic rings. The van der Waals surface area contributed by atoms with Gasteiger partial charge in [-0.3, -0.25) is 0 Å². The topological polar surface area (TPSA) is 56.7 Å². The second kappa shape index (κ2) is 10.9. The molecule has 4 heterocycles. The summed E-state index contributed by atoms with van der Waals surface area (Å²) in [6, 6.07) is 40.7. The Hall–Kier alpha value is -6.63. The summed E-state index contributed by atoms with van der Waals surface area (Å²) in [6.45, 7) is 0. The molecule has 0 radical (unpaired) electrons. The minimum Gasteiger partial charge on any atom is -0.454 e. The summed E-state index contributed by atoms with van der Waals surface area (Å²) in [5.41, 5.74) is 5.68. The van der Waals surface area contributed by atoms with E-state index < -0.39 is 18.1 Å². The van der Waals surface area contributed by atoms with Crippen LogP contribution in [-0.2, 0) is 0 Å². The van der Waals surface area contributed by atoms with Gasteiger partial charge in [0, 0.05) is 58.4 Å². The van der Waals surface area contributed by atoms with Crippen molar-refractivity contribution in [1.29, 1.82) is 0 Å². The third-order valence-corrected chi connectivity index (χ3v) is 10.8. The minimum absolute atomic E-state index is 0.0167. The second-order valence-electron chi connectivity index (χ2n) is 12.4. The van der Waals surface area contributed by atoms with Crippen LogP contribution in [0.2, 0.25) is 0 Å². The van der Waals surface area contributed by atoms with Crippen LogP contribution in [0.3, 0.4) is 0 Å². The Kier molecular flexibility index (Phi) is 5.08. The second-order valence-corrected chi connectivity index (χ2v) is 13.5. The molecule has 0 aliphatic heterocycles. The SMILES string of the molecule is [2H]c1c([2H])c([2H])c(-c2nc(-c3ccccc3)nc(-c3ccc4c(c3)oc3c(-n5c6ccccc6c6c7sc8ccccc8c7ccc65)cccc34)n2)c([2H])c1[2H]. The molecule has 0 aliphatic rings. The van der Waals surface area contributed by atoms with Gasteiger partial charge in [0.25, 0.3) is 0 Å². The number of para-hydroxylation sites is 2. The van der Waals surface area contributed by atoms with Crippen LogP contribution >= 0.6 is 11.3 Å². The molecule has 0 atom stereocenters. The number of furan rings is 1. The molecule has 0 saturated carbocycles. The molecule has 0 spiro atoms. The van der Waals surface area contributed by atoms with Gasteiger partial charge in [0.15, 0.2) is 23.1 Å². The lowest BCUT2D eigenvalue weighted by Crippen LogP contribution is -2.00. The Labute approximate surface area is 302 Å². The van der Waals surface area contributed by atoms with Crippen molar-refractivity contribution < 1.29 is 11.3 Å². The molecule has 0 amide bonds. The zero-order valence-electron chi connectivity index (χ0n) is 31.7. The van der Waals surface area contributed by atoms with Crippen LogP contribution in [0.25, 0.3) is 104 Å². The van der Waals surface area contributed by atoms with Crippen molar-refractivity contribution in [2.75, 3.05) is 0 Å². The normalized spacial score (nSPS) is 13.3. The monoisotopic (exact) mass is 675 g/mol. The van der Waals surface area contributed by atoms with E-state index in [9.17, 15) is 0 Å². The van der Waals surface area contributed by atoms with Gasteiger partial charge in [-0.2, -0.15) is 0 Å². The van der Waals surface area contributed by atoms with Crippen molar-refractivity contribution in [2.45, 2.75) is 0 Å².